The number of piperazine rings is 1. The summed E-state index contributed by atoms with van der Waals surface area (Å²) in [6.07, 6.45) is 2.83. The number of nitrogens with one attached hydrogen (secondary N) is 1. The Balaban J connectivity index is 2.04. The molecule has 1 atom stereocenters. The molecule has 0 amide bonds. The van der Waals surface area contributed by atoms with E-state index in [2.05, 4.69) is 43.1 Å². The van der Waals surface area contributed by atoms with E-state index in [4.69, 9.17) is 0 Å². The summed E-state index contributed by atoms with van der Waals surface area (Å²) in [7, 11) is 4.32. The normalized spacial score (nSPS) is 33.2. The molecule has 0 bridgehead atoms. The quantitative estimate of drug-likeness (QED) is 0.743. The Morgan fingerprint density at radius 3 is 2.53 bits per heavy atom. The first-order valence-electron chi connectivity index (χ1n) is 6.16. The highest BCUT2D eigenvalue weighted by atomic mass is 15.3. The maximum Gasteiger partial charge on any atom is 0.0351 e. The molecule has 0 aromatic rings. The molecule has 2 aliphatic rings. The van der Waals surface area contributed by atoms with Gasteiger partial charge in [0.05, 0.1) is 0 Å². The molecule has 1 heterocycles. The van der Waals surface area contributed by atoms with Gasteiger partial charge in [0.15, 0.2) is 0 Å². The summed E-state index contributed by atoms with van der Waals surface area (Å²) < 4.78 is 0. The van der Waals surface area contributed by atoms with Crippen molar-refractivity contribution in [1.82, 2.24) is 15.1 Å². The fraction of sp³-hybridized carbons (Fsp3) is 1.00. The van der Waals surface area contributed by atoms with E-state index in [9.17, 15) is 0 Å². The lowest BCUT2D eigenvalue weighted by molar-refractivity contribution is -0.00495. The minimum Gasteiger partial charge on any atom is -0.318 e. The first kappa shape index (κ1) is 11.4. The molecule has 1 aliphatic heterocycles. The topological polar surface area (TPSA) is 18.5 Å². The second-order valence-electron chi connectivity index (χ2n) is 5.81. The third-order valence-corrected chi connectivity index (χ3v) is 4.01. The maximum atomic E-state index is 3.33. The van der Waals surface area contributed by atoms with Crippen LogP contribution in [0.4, 0.5) is 0 Å². The molecule has 0 spiro atoms. The van der Waals surface area contributed by atoms with Gasteiger partial charge in [-0.3, -0.25) is 9.80 Å². The van der Waals surface area contributed by atoms with Crippen LogP contribution in [0.3, 0.4) is 0 Å². The monoisotopic (exact) mass is 211 g/mol. The van der Waals surface area contributed by atoms with Gasteiger partial charge in [0.25, 0.3) is 0 Å². The molecule has 1 saturated carbocycles. The number of likely N-dealkylation sites (N-methyl/N-ethyl adjacent to an activating group) is 2. The van der Waals surface area contributed by atoms with E-state index in [1.807, 2.05) is 0 Å². The Kier molecular flexibility index (Phi) is 3.06. The van der Waals surface area contributed by atoms with E-state index in [1.165, 1.54) is 25.9 Å². The first-order chi connectivity index (χ1) is 7.04. The van der Waals surface area contributed by atoms with Gasteiger partial charge in [0.2, 0.25) is 0 Å². The predicted molar refractivity (Wildman–Crippen MR) is 64.2 cm³/mol. The van der Waals surface area contributed by atoms with Gasteiger partial charge in [-0.2, -0.15) is 0 Å². The second kappa shape index (κ2) is 4.04. The molecule has 3 nitrogen and oxygen atoms in total. The average molecular weight is 211 g/mol. The fourth-order valence-corrected chi connectivity index (χ4v) is 2.62. The lowest BCUT2D eigenvalue weighted by Crippen LogP contribution is -2.64. The van der Waals surface area contributed by atoms with Crippen molar-refractivity contribution in [3.05, 3.63) is 0 Å². The molecule has 1 aliphatic carbocycles. The van der Waals surface area contributed by atoms with Crippen LogP contribution in [-0.2, 0) is 0 Å². The summed E-state index contributed by atoms with van der Waals surface area (Å²) in [5.74, 6) is 0. The summed E-state index contributed by atoms with van der Waals surface area (Å²) in [5, 5.41) is 3.33. The Morgan fingerprint density at radius 1 is 1.33 bits per heavy atom. The van der Waals surface area contributed by atoms with Crippen molar-refractivity contribution < 1.29 is 0 Å². The zero-order valence-corrected chi connectivity index (χ0v) is 10.6. The number of hydrogen-bond acceptors (Lipinski definition) is 3. The van der Waals surface area contributed by atoms with E-state index >= 15 is 0 Å². The van der Waals surface area contributed by atoms with Crippen LogP contribution >= 0.6 is 0 Å². The van der Waals surface area contributed by atoms with E-state index in [0.717, 1.165) is 12.6 Å². The predicted octanol–water partition coefficient (Wildman–Crippen LogP) is 0.763. The first-order valence-corrected chi connectivity index (χ1v) is 6.16. The van der Waals surface area contributed by atoms with Gasteiger partial charge >= 0.3 is 0 Å². The van der Waals surface area contributed by atoms with Gasteiger partial charge in [-0.25, -0.2) is 0 Å². The van der Waals surface area contributed by atoms with Gasteiger partial charge in [-0.15, -0.1) is 0 Å². The molecular weight excluding hydrogens is 186 g/mol. The standard InChI is InChI=1S/C12H25N3/c1-12(2)9-15(10-5-6-10)11(7-13-3)8-14(12)4/h10-11,13H,5-9H2,1-4H3. The summed E-state index contributed by atoms with van der Waals surface area (Å²) >= 11 is 0. The van der Waals surface area contributed by atoms with Crippen LogP contribution in [-0.4, -0.2) is 61.2 Å². The average Bonchev–Trinajstić information content (AvgIpc) is 2.95. The smallest absolute Gasteiger partial charge is 0.0351 e. The molecule has 0 radical (unpaired) electrons. The number of nitrogens with zero attached hydrogens (tertiary/aromatic N) is 2. The van der Waals surface area contributed by atoms with Crippen LogP contribution in [0.15, 0.2) is 0 Å². The molecule has 3 heteroatoms. The van der Waals surface area contributed by atoms with Crippen molar-refractivity contribution in [1.29, 1.82) is 0 Å². The van der Waals surface area contributed by atoms with Crippen LogP contribution in [0.5, 0.6) is 0 Å². The van der Waals surface area contributed by atoms with Gasteiger partial charge < -0.3 is 5.32 Å². The Labute approximate surface area is 93.8 Å². The van der Waals surface area contributed by atoms with Crippen molar-refractivity contribution in [3.63, 3.8) is 0 Å². The van der Waals surface area contributed by atoms with Crippen LogP contribution in [0.1, 0.15) is 26.7 Å². The molecule has 2 fully saturated rings. The summed E-state index contributed by atoms with van der Waals surface area (Å²) in [6, 6.07) is 1.59. The van der Waals surface area contributed by atoms with Crippen LogP contribution < -0.4 is 5.32 Å². The van der Waals surface area contributed by atoms with Crippen molar-refractivity contribution in [3.8, 4) is 0 Å². The van der Waals surface area contributed by atoms with Crippen LogP contribution in [0.25, 0.3) is 0 Å². The van der Waals surface area contributed by atoms with E-state index in [-0.39, 0.29) is 0 Å². The van der Waals surface area contributed by atoms with Crippen molar-refractivity contribution in [2.75, 3.05) is 33.7 Å². The van der Waals surface area contributed by atoms with E-state index < -0.39 is 0 Å². The van der Waals surface area contributed by atoms with Crippen LogP contribution in [0, 0.1) is 0 Å². The zero-order valence-electron chi connectivity index (χ0n) is 10.6. The highest BCUT2D eigenvalue weighted by molar-refractivity contribution is 4.99. The summed E-state index contributed by atoms with van der Waals surface area (Å²) in [5.41, 5.74) is 0.340. The third-order valence-electron chi connectivity index (χ3n) is 4.01. The third kappa shape index (κ3) is 2.35. The molecule has 2 rings (SSSR count). The Hall–Kier alpha value is -0.120. The Bertz CT molecular complexity index is 223. The molecule has 0 aromatic carbocycles. The molecular formula is C12H25N3. The minimum absolute atomic E-state index is 0.340. The van der Waals surface area contributed by atoms with Crippen molar-refractivity contribution >= 4 is 0 Å². The molecule has 1 unspecified atom stereocenters. The molecule has 1 N–H and O–H groups in total. The molecule has 15 heavy (non-hydrogen) atoms. The maximum absolute atomic E-state index is 3.33. The Morgan fingerprint density at radius 2 is 2.00 bits per heavy atom. The zero-order chi connectivity index (χ0) is 11.1. The number of rotatable bonds is 3. The van der Waals surface area contributed by atoms with E-state index in [1.54, 1.807) is 0 Å². The van der Waals surface area contributed by atoms with Gasteiger partial charge in [-0.05, 0) is 40.8 Å². The molecule has 0 aromatic heterocycles. The molecule has 88 valence electrons. The second-order valence-corrected chi connectivity index (χ2v) is 5.81. The number of hydrogen-bond donors (Lipinski definition) is 1. The fourth-order valence-electron chi connectivity index (χ4n) is 2.62. The largest absolute Gasteiger partial charge is 0.318 e. The minimum atomic E-state index is 0.340. The van der Waals surface area contributed by atoms with Crippen molar-refractivity contribution in [2.24, 2.45) is 0 Å². The summed E-state index contributed by atoms with van der Waals surface area (Å²) in [6.45, 7) is 8.26. The van der Waals surface area contributed by atoms with Gasteiger partial charge in [0, 0.05) is 37.3 Å². The lowest BCUT2D eigenvalue weighted by atomic mass is 9.96. The lowest BCUT2D eigenvalue weighted by Gasteiger charge is -2.50. The highest BCUT2D eigenvalue weighted by Gasteiger charge is 2.42. The van der Waals surface area contributed by atoms with E-state index in [0.29, 0.717) is 11.6 Å². The van der Waals surface area contributed by atoms with Gasteiger partial charge in [-0.1, -0.05) is 0 Å². The van der Waals surface area contributed by atoms with Gasteiger partial charge in [0.1, 0.15) is 0 Å². The van der Waals surface area contributed by atoms with Crippen molar-refractivity contribution in [2.45, 2.75) is 44.3 Å². The SMILES string of the molecule is CNCC1CN(C)C(C)(C)CN1C1CC1. The molecule has 1 saturated heterocycles. The highest BCUT2D eigenvalue weighted by Crippen LogP contribution is 2.33. The summed E-state index contributed by atoms with van der Waals surface area (Å²) in [4.78, 5) is 5.24. The van der Waals surface area contributed by atoms with Crippen LogP contribution in [0.2, 0.25) is 0 Å².